The molecule has 1 aromatic heterocycles. The minimum Gasteiger partial charge on any atom is -0.356 e. The molecule has 0 fully saturated rings. The number of anilines is 3. The van der Waals surface area contributed by atoms with Gasteiger partial charge in [0.25, 0.3) is 10.0 Å². The first-order valence-corrected chi connectivity index (χ1v) is 12.3. The lowest BCUT2D eigenvalue weighted by Gasteiger charge is -2.18. The van der Waals surface area contributed by atoms with E-state index in [4.69, 9.17) is 0 Å². The van der Waals surface area contributed by atoms with Crippen LogP contribution in [0.25, 0.3) is 0 Å². The van der Waals surface area contributed by atoms with Gasteiger partial charge in [0.2, 0.25) is 0 Å². The van der Waals surface area contributed by atoms with Crippen molar-refractivity contribution in [2.75, 3.05) is 10.0 Å². The van der Waals surface area contributed by atoms with Crippen molar-refractivity contribution in [1.29, 1.82) is 0 Å². The summed E-state index contributed by atoms with van der Waals surface area (Å²) in [6, 6.07) is 26.8. The van der Waals surface area contributed by atoms with E-state index in [9.17, 15) is 8.42 Å². The van der Waals surface area contributed by atoms with Gasteiger partial charge in [-0.3, -0.25) is 9.40 Å². The molecule has 0 aliphatic carbocycles. The number of sulfonamides is 1. The van der Waals surface area contributed by atoms with Crippen LogP contribution in [-0.2, 0) is 22.0 Å². The number of aromatic nitrogens is 2. The molecule has 0 saturated carbocycles. The number of nitrogens with zero attached hydrogens (tertiary/aromatic N) is 2. The van der Waals surface area contributed by atoms with Gasteiger partial charge >= 0.3 is 0 Å². The molecule has 4 aromatic rings. The van der Waals surface area contributed by atoms with Crippen molar-refractivity contribution < 1.29 is 8.42 Å². The third-order valence-corrected chi connectivity index (χ3v) is 6.50. The summed E-state index contributed by atoms with van der Waals surface area (Å²) >= 11 is 0. The van der Waals surface area contributed by atoms with Gasteiger partial charge < -0.3 is 5.32 Å². The first kappa shape index (κ1) is 22.6. The van der Waals surface area contributed by atoms with Gasteiger partial charge in [0.05, 0.1) is 12.2 Å². The standard InChI is InChI=1S/C26H28N4O2S/c1-26(2,3)25-24(19-30(28-25)18-20-10-6-4-7-11-20)33(31,32)29-23-16-14-22(15-17-23)27-21-12-8-5-9-13-21/h4-17,19,27,29H,18H2,1-3H3. The molecule has 0 radical (unpaired) electrons. The number of nitrogens with one attached hydrogen (secondary N) is 2. The third kappa shape index (κ3) is 5.62. The van der Waals surface area contributed by atoms with Crippen molar-refractivity contribution in [1.82, 2.24) is 9.78 Å². The highest BCUT2D eigenvalue weighted by molar-refractivity contribution is 7.92. The van der Waals surface area contributed by atoms with Crippen LogP contribution in [0.1, 0.15) is 32.0 Å². The zero-order valence-corrected chi connectivity index (χ0v) is 19.8. The first-order chi connectivity index (χ1) is 15.7. The lowest BCUT2D eigenvalue weighted by molar-refractivity contribution is 0.533. The Bertz CT molecular complexity index is 1310. The lowest BCUT2D eigenvalue weighted by atomic mass is 9.92. The molecule has 0 aliphatic rings. The molecule has 170 valence electrons. The first-order valence-electron chi connectivity index (χ1n) is 10.8. The van der Waals surface area contributed by atoms with Crippen molar-refractivity contribution >= 4 is 27.1 Å². The Labute approximate surface area is 195 Å². The fraction of sp³-hybridized carbons (Fsp3) is 0.192. The van der Waals surface area contributed by atoms with E-state index in [1.807, 2.05) is 93.6 Å². The molecule has 2 N–H and O–H groups in total. The topological polar surface area (TPSA) is 76.0 Å². The van der Waals surface area contributed by atoms with Crippen molar-refractivity contribution in [3.63, 3.8) is 0 Å². The molecule has 1 heterocycles. The van der Waals surface area contributed by atoms with Crippen LogP contribution in [0.2, 0.25) is 0 Å². The quantitative estimate of drug-likeness (QED) is 0.367. The molecule has 0 bridgehead atoms. The fourth-order valence-electron chi connectivity index (χ4n) is 3.49. The van der Waals surface area contributed by atoms with Gasteiger partial charge in [0.15, 0.2) is 0 Å². The maximum Gasteiger partial charge on any atom is 0.265 e. The molecular weight excluding hydrogens is 432 g/mol. The number of rotatable bonds is 7. The summed E-state index contributed by atoms with van der Waals surface area (Å²) in [5, 5.41) is 7.92. The summed E-state index contributed by atoms with van der Waals surface area (Å²) in [5.74, 6) is 0. The number of benzene rings is 3. The predicted molar refractivity (Wildman–Crippen MR) is 133 cm³/mol. The van der Waals surface area contributed by atoms with Gasteiger partial charge in [-0.25, -0.2) is 8.42 Å². The molecule has 0 amide bonds. The summed E-state index contributed by atoms with van der Waals surface area (Å²) in [7, 11) is -3.82. The van der Waals surface area contributed by atoms with Crippen molar-refractivity contribution in [3.05, 3.63) is 102 Å². The van der Waals surface area contributed by atoms with Crippen LogP contribution >= 0.6 is 0 Å². The monoisotopic (exact) mass is 460 g/mol. The predicted octanol–water partition coefficient (Wildman–Crippen LogP) is 5.77. The molecule has 0 aliphatic heterocycles. The highest BCUT2D eigenvalue weighted by atomic mass is 32.2. The average molecular weight is 461 g/mol. The summed E-state index contributed by atoms with van der Waals surface area (Å²) in [6.45, 7) is 6.39. The second kappa shape index (κ2) is 9.11. The van der Waals surface area contributed by atoms with Crippen LogP contribution in [0.5, 0.6) is 0 Å². The molecule has 0 atom stereocenters. The molecule has 3 aromatic carbocycles. The van der Waals surface area contributed by atoms with Crippen LogP contribution in [0.3, 0.4) is 0 Å². The van der Waals surface area contributed by atoms with E-state index in [1.165, 1.54) is 0 Å². The van der Waals surface area contributed by atoms with Crippen molar-refractivity contribution in [2.24, 2.45) is 0 Å². The number of para-hydroxylation sites is 1. The van der Waals surface area contributed by atoms with E-state index >= 15 is 0 Å². The lowest BCUT2D eigenvalue weighted by Crippen LogP contribution is -2.20. The molecule has 4 rings (SSSR count). The molecule has 33 heavy (non-hydrogen) atoms. The van der Waals surface area contributed by atoms with E-state index in [0.29, 0.717) is 17.9 Å². The summed E-state index contributed by atoms with van der Waals surface area (Å²) in [5.41, 5.74) is 3.48. The van der Waals surface area contributed by atoms with Crippen LogP contribution in [0, 0.1) is 0 Å². The van der Waals surface area contributed by atoms with Crippen LogP contribution < -0.4 is 10.0 Å². The zero-order chi connectivity index (χ0) is 23.5. The van der Waals surface area contributed by atoms with Gasteiger partial charge in [-0.1, -0.05) is 69.3 Å². The third-order valence-electron chi connectivity index (χ3n) is 5.12. The highest BCUT2D eigenvalue weighted by Crippen LogP contribution is 2.29. The molecule has 6 nitrogen and oxygen atoms in total. The minimum atomic E-state index is -3.82. The van der Waals surface area contributed by atoms with E-state index in [0.717, 1.165) is 16.9 Å². The maximum atomic E-state index is 13.3. The zero-order valence-electron chi connectivity index (χ0n) is 19.0. The van der Waals surface area contributed by atoms with E-state index in [2.05, 4.69) is 15.1 Å². The second-order valence-corrected chi connectivity index (χ2v) is 10.6. The van der Waals surface area contributed by atoms with E-state index < -0.39 is 15.4 Å². The van der Waals surface area contributed by atoms with E-state index in [1.54, 1.807) is 23.0 Å². The van der Waals surface area contributed by atoms with Crippen LogP contribution in [0.15, 0.2) is 96.0 Å². The Hall–Kier alpha value is -3.58. The van der Waals surface area contributed by atoms with Gasteiger partial charge in [-0.2, -0.15) is 5.10 Å². The van der Waals surface area contributed by atoms with Gasteiger partial charge in [-0.15, -0.1) is 0 Å². The summed E-state index contributed by atoms with van der Waals surface area (Å²) in [4.78, 5) is 0.192. The molecule has 0 spiro atoms. The summed E-state index contributed by atoms with van der Waals surface area (Å²) < 4.78 is 31.1. The normalized spacial score (nSPS) is 11.8. The van der Waals surface area contributed by atoms with Crippen molar-refractivity contribution in [2.45, 2.75) is 37.6 Å². The highest BCUT2D eigenvalue weighted by Gasteiger charge is 2.30. The Morgan fingerprint density at radius 2 is 1.33 bits per heavy atom. The average Bonchev–Trinajstić information content (AvgIpc) is 3.22. The Morgan fingerprint density at radius 3 is 1.94 bits per heavy atom. The second-order valence-electron chi connectivity index (χ2n) is 8.95. The smallest absolute Gasteiger partial charge is 0.265 e. The van der Waals surface area contributed by atoms with Crippen LogP contribution in [-0.4, -0.2) is 18.2 Å². The van der Waals surface area contributed by atoms with Crippen molar-refractivity contribution in [3.8, 4) is 0 Å². The molecular formula is C26H28N4O2S. The maximum absolute atomic E-state index is 13.3. The Morgan fingerprint density at radius 1 is 0.788 bits per heavy atom. The van der Waals surface area contributed by atoms with Crippen LogP contribution in [0.4, 0.5) is 17.1 Å². The number of hydrogen-bond acceptors (Lipinski definition) is 4. The molecule has 7 heteroatoms. The summed E-state index contributed by atoms with van der Waals surface area (Å²) in [6.07, 6.45) is 1.61. The van der Waals surface area contributed by atoms with Gasteiger partial charge in [-0.05, 0) is 42.0 Å². The molecule has 0 saturated heterocycles. The fourth-order valence-corrected chi connectivity index (χ4v) is 4.91. The van der Waals surface area contributed by atoms with E-state index in [-0.39, 0.29) is 4.90 Å². The minimum absolute atomic E-state index is 0.192. The van der Waals surface area contributed by atoms with Gasteiger partial charge in [0.1, 0.15) is 4.90 Å². The SMILES string of the molecule is CC(C)(C)c1nn(Cc2ccccc2)cc1S(=O)(=O)Nc1ccc(Nc2ccccc2)cc1. The largest absolute Gasteiger partial charge is 0.356 e. The Balaban J connectivity index is 1.57. The Kier molecular flexibility index (Phi) is 6.24. The van der Waals surface area contributed by atoms with Gasteiger partial charge in [0, 0.05) is 28.7 Å². The number of hydrogen-bond donors (Lipinski definition) is 2. The molecule has 0 unspecified atom stereocenters.